The van der Waals surface area contributed by atoms with Crippen LogP contribution < -0.4 is 15.5 Å². The Balaban J connectivity index is 2.13. The summed E-state index contributed by atoms with van der Waals surface area (Å²) in [5.41, 5.74) is 3.05. The third kappa shape index (κ3) is 7.92. The molecule has 0 saturated heterocycles. The summed E-state index contributed by atoms with van der Waals surface area (Å²) in [5.74, 6) is -0.317. The molecule has 0 bridgehead atoms. The van der Waals surface area contributed by atoms with Gasteiger partial charge in [-0.2, -0.15) is 0 Å². The molecule has 31 heavy (non-hydrogen) atoms. The predicted octanol–water partition coefficient (Wildman–Crippen LogP) is 3.00. The Morgan fingerprint density at radius 3 is 2.52 bits per heavy atom. The molecular weight excluding hydrogens is 404 g/mol. The fourth-order valence-corrected chi connectivity index (χ4v) is 2.62. The van der Waals surface area contributed by atoms with E-state index in [1.807, 2.05) is 0 Å². The number of rotatable bonds is 10. The highest BCUT2D eigenvalue weighted by Gasteiger charge is 2.17. The Hall–Kier alpha value is -3.69. The van der Waals surface area contributed by atoms with Gasteiger partial charge < -0.3 is 14.6 Å². The van der Waals surface area contributed by atoms with Gasteiger partial charge in [-0.15, -0.1) is 0 Å². The molecule has 4 N–H and O–H groups in total. The van der Waals surface area contributed by atoms with Gasteiger partial charge in [-0.05, 0) is 48.9 Å². The van der Waals surface area contributed by atoms with Crippen LogP contribution in [0.3, 0.4) is 0 Å². The summed E-state index contributed by atoms with van der Waals surface area (Å²) >= 11 is 0. The van der Waals surface area contributed by atoms with Crippen LogP contribution in [0.25, 0.3) is 0 Å². The zero-order valence-corrected chi connectivity index (χ0v) is 16.9. The van der Waals surface area contributed by atoms with Crippen molar-refractivity contribution in [3.8, 4) is 5.75 Å². The second-order valence-corrected chi connectivity index (χ2v) is 6.41. The molecule has 1 atom stereocenters. The van der Waals surface area contributed by atoms with Gasteiger partial charge >= 0.3 is 6.09 Å². The quantitative estimate of drug-likeness (QED) is 0.198. The zero-order valence-electron chi connectivity index (χ0n) is 16.9. The van der Waals surface area contributed by atoms with Crippen molar-refractivity contribution in [3.63, 3.8) is 0 Å². The first-order valence-corrected chi connectivity index (χ1v) is 9.45. The molecule has 0 spiro atoms. The maximum absolute atomic E-state index is 12.4. The molecule has 2 rings (SSSR count). The van der Waals surface area contributed by atoms with E-state index in [0.717, 1.165) is 6.08 Å². The monoisotopic (exact) mass is 428 g/mol. The fraction of sp³-hybridized carbons (Fsp3) is 0.227. The Kier molecular flexibility index (Phi) is 9.21. The highest BCUT2D eigenvalue weighted by atomic mass is 16.6. The Morgan fingerprint density at radius 1 is 1.13 bits per heavy atom. The molecule has 0 aliphatic carbocycles. The van der Waals surface area contributed by atoms with Crippen molar-refractivity contribution in [3.05, 3.63) is 71.8 Å². The number of benzene rings is 2. The lowest BCUT2D eigenvalue weighted by molar-refractivity contribution is -0.124. The maximum Gasteiger partial charge on any atom is 0.412 e. The van der Waals surface area contributed by atoms with E-state index in [1.54, 1.807) is 48.5 Å². The molecule has 0 saturated carbocycles. The van der Waals surface area contributed by atoms with Gasteiger partial charge in [-0.25, -0.2) is 10.3 Å². The number of hydrogen-bond acceptors (Lipinski definition) is 7. The van der Waals surface area contributed by atoms with E-state index < -0.39 is 18.1 Å². The summed E-state index contributed by atoms with van der Waals surface area (Å²) in [7, 11) is 0. The fourth-order valence-electron chi connectivity index (χ4n) is 2.62. The number of hydroxylamine groups is 1. The van der Waals surface area contributed by atoms with Crippen molar-refractivity contribution in [2.75, 3.05) is 18.5 Å². The summed E-state index contributed by atoms with van der Waals surface area (Å²) in [6.07, 6.45) is 1.21. The third-order valence-electron chi connectivity index (χ3n) is 4.11. The van der Waals surface area contributed by atoms with Gasteiger partial charge in [0.15, 0.2) is 5.78 Å². The van der Waals surface area contributed by atoms with E-state index in [-0.39, 0.29) is 25.4 Å². The molecule has 0 aromatic heterocycles. The lowest BCUT2D eigenvalue weighted by atomic mass is 10.1. The van der Waals surface area contributed by atoms with Crippen molar-refractivity contribution in [1.29, 1.82) is 0 Å². The van der Waals surface area contributed by atoms with Crippen molar-refractivity contribution in [1.82, 2.24) is 5.48 Å². The SMILES string of the molecule is CC(=O)c1ccc(NC(=O)O[C@H](C/C=C/C(=O)NO)c2cccc(OCCO)c2)cc1. The molecule has 2 aromatic rings. The normalized spacial score (nSPS) is 11.6. The van der Waals surface area contributed by atoms with Crippen molar-refractivity contribution in [2.45, 2.75) is 19.4 Å². The highest BCUT2D eigenvalue weighted by Crippen LogP contribution is 2.26. The molecule has 9 nitrogen and oxygen atoms in total. The van der Waals surface area contributed by atoms with E-state index >= 15 is 0 Å². The highest BCUT2D eigenvalue weighted by molar-refractivity contribution is 5.95. The number of hydrogen-bond donors (Lipinski definition) is 4. The second kappa shape index (κ2) is 12.1. The first-order valence-electron chi connectivity index (χ1n) is 9.45. The van der Waals surface area contributed by atoms with Gasteiger partial charge in [-0.1, -0.05) is 18.2 Å². The van der Waals surface area contributed by atoms with Crippen LogP contribution in [0, 0.1) is 0 Å². The summed E-state index contributed by atoms with van der Waals surface area (Å²) in [4.78, 5) is 35.0. The number of aliphatic hydroxyl groups is 1. The van der Waals surface area contributed by atoms with Crippen LogP contribution in [0.1, 0.15) is 35.4 Å². The molecule has 0 aliphatic heterocycles. The van der Waals surface area contributed by atoms with E-state index in [2.05, 4.69) is 5.32 Å². The molecule has 0 unspecified atom stereocenters. The average Bonchev–Trinajstić information content (AvgIpc) is 2.77. The van der Waals surface area contributed by atoms with Gasteiger partial charge in [0.1, 0.15) is 18.5 Å². The molecule has 9 heteroatoms. The summed E-state index contributed by atoms with van der Waals surface area (Å²) < 4.78 is 10.9. The minimum absolute atomic E-state index is 0.0869. The summed E-state index contributed by atoms with van der Waals surface area (Å²) in [5, 5.41) is 20.1. The van der Waals surface area contributed by atoms with Gasteiger partial charge in [0, 0.05) is 23.7 Å². The molecule has 0 fully saturated rings. The maximum atomic E-state index is 12.4. The van der Waals surface area contributed by atoms with Crippen LogP contribution in [0.5, 0.6) is 5.75 Å². The minimum atomic E-state index is -0.767. The number of carbonyl (C=O) groups is 3. The molecule has 164 valence electrons. The number of carbonyl (C=O) groups excluding carboxylic acids is 3. The summed E-state index contributed by atoms with van der Waals surface area (Å²) in [6, 6.07) is 13.1. The van der Waals surface area contributed by atoms with Crippen LogP contribution >= 0.6 is 0 Å². The largest absolute Gasteiger partial charge is 0.491 e. The van der Waals surface area contributed by atoms with Crippen LogP contribution in [-0.4, -0.2) is 41.3 Å². The number of ether oxygens (including phenoxy) is 2. The molecule has 0 heterocycles. The summed E-state index contributed by atoms with van der Waals surface area (Å²) in [6.45, 7) is 1.42. The third-order valence-corrected chi connectivity index (χ3v) is 4.11. The molecule has 0 aliphatic rings. The molecular formula is C22H24N2O7. The standard InChI is InChI=1S/C22H24N2O7/c1-15(26)16-8-10-18(11-9-16)23-22(28)31-20(6-3-7-21(27)24-29)17-4-2-5-19(14-17)30-13-12-25/h2-5,7-11,14,20,25,29H,6,12-13H2,1H3,(H,23,28)(H,24,27)/b7-3+/t20-/m1/s1. The van der Waals surface area contributed by atoms with E-state index in [4.69, 9.17) is 19.8 Å². The number of ketones is 1. The number of Topliss-reactive ketones (excluding diaryl/α,β-unsaturated/α-hetero) is 1. The van der Waals surface area contributed by atoms with Crippen LogP contribution in [0.2, 0.25) is 0 Å². The van der Waals surface area contributed by atoms with Crippen molar-refractivity contribution >= 4 is 23.5 Å². The number of aliphatic hydroxyl groups excluding tert-OH is 1. The first-order chi connectivity index (χ1) is 14.9. The van der Waals surface area contributed by atoms with Crippen LogP contribution in [0.15, 0.2) is 60.7 Å². The van der Waals surface area contributed by atoms with Crippen LogP contribution in [0.4, 0.5) is 10.5 Å². The number of anilines is 1. The zero-order chi connectivity index (χ0) is 22.6. The van der Waals surface area contributed by atoms with E-state index in [0.29, 0.717) is 22.6 Å². The van der Waals surface area contributed by atoms with Crippen molar-refractivity contribution in [2.24, 2.45) is 0 Å². The first kappa shape index (κ1) is 23.6. The van der Waals surface area contributed by atoms with E-state index in [9.17, 15) is 14.4 Å². The number of nitrogens with one attached hydrogen (secondary N) is 2. The van der Waals surface area contributed by atoms with Crippen LogP contribution in [-0.2, 0) is 9.53 Å². The minimum Gasteiger partial charge on any atom is -0.491 e. The smallest absolute Gasteiger partial charge is 0.412 e. The predicted molar refractivity (Wildman–Crippen MR) is 112 cm³/mol. The molecule has 2 amide bonds. The van der Waals surface area contributed by atoms with Crippen molar-refractivity contribution < 1.29 is 34.2 Å². The Bertz CT molecular complexity index is 926. The number of amides is 2. The molecule has 0 radical (unpaired) electrons. The lowest BCUT2D eigenvalue weighted by Gasteiger charge is -2.18. The van der Waals surface area contributed by atoms with Gasteiger partial charge in [0.2, 0.25) is 0 Å². The van der Waals surface area contributed by atoms with Gasteiger partial charge in [-0.3, -0.25) is 20.1 Å². The Morgan fingerprint density at radius 2 is 1.87 bits per heavy atom. The second-order valence-electron chi connectivity index (χ2n) is 6.41. The van der Waals surface area contributed by atoms with E-state index in [1.165, 1.54) is 18.5 Å². The van der Waals surface area contributed by atoms with Gasteiger partial charge in [0.05, 0.1) is 6.61 Å². The molecule has 2 aromatic carbocycles. The topological polar surface area (TPSA) is 134 Å². The van der Waals surface area contributed by atoms with Gasteiger partial charge in [0.25, 0.3) is 5.91 Å². The average molecular weight is 428 g/mol. The Labute approximate surface area is 179 Å². The lowest BCUT2D eigenvalue weighted by Crippen LogP contribution is -2.18.